The zero-order valence-electron chi connectivity index (χ0n) is 16.0. The summed E-state index contributed by atoms with van der Waals surface area (Å²) < 4.78 is 1.23. The fourth-order valence-electron chi connectivity index (χ4n) is 3.67. The summed E-state index contributed by atoms with van der Waals surface area (Å²) in [4.78, 5) is 11.5. The van der Waals surface area contributed by atoms with Gasteiger partial charge in [0.15, 0.2) is 0 Å². The third-order valence-electron chi connectivity index (χ3n) is 5.19. The maximum Gasteiger partial charge on any atom is 0.150 e. The Balaban J connectivity index is 1.33. The van der Waals surface area contributed by atoms with Crippen molar-refractivity contribution in [1.29, 1.82) is 0 Å². The van der Waals surface area contributed by atoms with Crippen molar-refractivity contribution in [2.45, 2.75) is 32.7 Å². The topological polar surface area (TPSA) is 41.0 Å². The second kappa shape index (κ2) is 8.19. The first kappa shape index (κ1) is 18.1. The quantitative estimate of drug-likeness (QED) is 0.701. The molecule has 0 aliphatic carbocycles. The van der Waals surface area contributed by atoms with Gasteiger partial charge >= 0.3 is 0 Å². The second-order valence-electron chi connectivity index (χ2n) is 7.34. The van der Waals surface area contributed by atoms with Crippen LogP contribution in [0.15, 0.2) is 47.6 Å². The van der Waals surface area contributed by atoms with Gasteiger partial charge in [-0.05, 0) is 43.2 Å². The van der Waals surface area contributed by atoms with Crippen molar-refractivity contribution in [2.75, 3.05) is 24.5 Å². The number of nitrogens with zero attached hydrogens (tertiary/aromatic N) is 3. The molecule has 4 rings (SSSR count). The van der Waals surface area contributed by atoms with E-state index >= 15 is 0 Å². The van der Waals surface area contributed by atoms with Crippen LogP contribution in [-0.4, -0.2) is 35.6 Å². The fourth-order valence-corrected chi connectivity index (χ4v) is 4.69. The van der Waals surface area contributed by atoms with E-state index in [1.807, 2.05) is 0 Å². The van der Waals surface area contributed by atoms with E-state index in [0.29, 0.717) is 6.04 Å². The average Bonchev–Trinajstić information content (AvgIpc) is 3.09. The lowest BCUT2D eigenvalue weighted by Crippen LogP contribution is -2.43. The van der Waals surface area contributed by atoms with Crippen LogP contribution in [-0.2, 0) is 0 Å². The van der Waals surface area contributed by atoms with E-state index in [1.54, 1.807) is 17.7 Å². The molecule has 0 radical (unpaired) electrons. The molecule has 1 fully saturated rings. The van der Waals surface area contributed by atoms with Crippen LogP contribution in [0.4, 0.5) is 5.82 Å². The lowest BCUT2D eigenvalue weighted by molar-refractivity contribution is 0.426. The van der Waals surface area contributed by atoms with Gasteiger partial charge in [0, 0.05) is 25.7 Å². The average molecular weight is 379 g/mol. The number of hydrogen-bond donors (Lipinski definition) is 1. The second-order valence-corrected chi connectivity index (χ2v) is 8.22. The molecule has 4 nitrogen and oxygen atoms in total. The normalized spacial score (nSPS) is 16.2. The maximum absolute atomic E-state index is 4.59. The van der Waals surface area contributed by atoms with E-state index in [-0.39, 0.29) is 0 Å². The van der Waals surface area contributed by atoms with Crippen molar-refractivity contribution in [3.05, 3.63) is 58.7 Å². The molecule has 2 aromatic heterocycles. The van der Waals surface area contributed by atoms with Crippen molar-refractivity contribution in [3.63, 3.8) is 0 Å². The highest BCUT2D eigenvalue weighted by atomic mass is 32.1. The maximum atomic E-state index is 4.59. The van der Waals surface area contributed by atoms with Gasteiger partial charge in [0.2, 0.25) is 0 Å². The van der Waals surface area contributed by atoms with Crippen LogP contribution in [0, 0.1) is 6.92 Å². The molecule has 3 heterocycles. The monoisotopic (exact) mass is 378 g/mol. The minimum atomic E-state index is 0.572. The molecule has 0 unspecified atom stereocenters. The highest BCUT2D eigenvalue weighted by Gasteiger charge is 2.22. The fraction of sp³-hybridized carbons (Fsp3) is 0.364. The number of thiophene rings is 1. The molecule has 0 bridgehead atoms. The molecule has 0 atom stereocenters. The molecule has 140 valence electrons. The number of rotatable bonds is 5. The number of hydrogen-bond acceptors (Lipinski definition) is 5. The standard InChI is InChI=1S/C22H26N4S/c1-16(12-18-6-4-3-5-7-18)13-23-19-8-10-26(11-9-19)22-21-20(24-15-25-22)17(2)14-27-21/h3-7,12,14-15,19,23H,8-11,13H2,1-2H3/b16-12+. The number of benzene rings is 1. The van der Waals surface area contributed by atoms with Crippen LogP contribution in [0.1, 0.15) is 30.9 Å². The molecule has 0 saturated carbocycles. The number of anilines is 1. The number of aromatic nitrogens is 2. The lowest BCUT2D eigenvalue weighted by Gasteiger charge is -2.33. The first-order valence-corrected chi connectivity index (χ1v) is 10.5. The number of fused-ring (bicyclic) bond motifs is 1. The smallest absolute Gasteiger partial charge is 0.150 e. The van der Waals surface area contributed by atoms with Crippen molar-refractivity contribution >= 4 is 33.4 Å². The van der Waals surface area contributed by atoms with Gasteiger partial charge in [-0.3, -0.25) is 0 Å². The first-order valence-electron chi connectivity index (χ1n) is 9.60. The highest BCUT2D eigenvalue weighted by Crippen LogP contribution is 2.32. The van der Waals surface area contributed by atoms with Crippen LogP contribution in [0.5, 0.6) is 0 Å². The molecule has 0 spiro atoms. The van der Waals surface area contributed by atoms with Crippen LogP contribution in [0.3, 0.4) is 0 Å². The molecule has 3 aromatic rings. The van der Waals surface area contributed by atoms with E-state index in [0.717, 1.165) is 43.8 Å². The Morgan fingerprint density at radius 2 is 2.00 bits per heavy atom. The number of aryl methyl sites for hydroxylation is 1. The highest BCUT2D eigenvalue weighted by molar-refractivity contribution is 7.18. The van der Waals surface area contributed by atoms with E-state index in [2.05, 4.69) is 75.8 Å². The van der Waals surface area contributed by atoms with Gasteiger partial charge in [-0.1, -0.05) is 42.0 Å². The molecule has 1 saturated heterocycles. The molecular weight excluding hydrogens is 352 g/mol. The van der Waals surface area contributed by atoms with Crippen molar-refractivity contribution in [3.8, 4) is 0 Å². The predicted molar refractivity (Wildman–Crippen MR) is 115 cm³/mol. The van der Waals surface area contributed by atoms with Gasteiger partial charge in [0.25, 0.3) is 0 Å². The van der Waals surface area contributed by atoms with Gasteiger partial charge in [0.1, 0.15) is 12.1 Å². The summed E-state index contributed by atoms with van der Waals surface area (Å²) in [6, 6.07) is 11.1. The zero-order chi connectivity index (χ0) is 18.6. The Morgan fingerprint density at radius 1 is 1.22 bits per heavy atom. The molecule has 1 N–H and O–H groups in total. The van der Waals surface area contributed by atoms with E-state index in [9.17, 15) is 0 Å². The third kappa shape index (κ3) is 4.20. The molecule has 5 heteroatoms. The first-order chi connectivity index (χ1) is 13.2. The Hall–Kier alpha value is -2.24. The summed E-state index contributed by atoms with van der Waals surface area (Å²) in [6.07, 6.45) is 6.27. The molecule has 1 aliphatic heterocycles. The summed E-state index contributed by atoms with van der Waals surface area (Å²) in [5.74, 6) is 1.11. The SMILES string of the molecule is C/C(=C\c1ccccc1)CNC1CCN(c2ncnc3c(C)csc23)CC1. The van der Waals surface area contributed by atoms with Gasteiger partial charge in [-0.15, -0.1) is 11.3 Å². The minimum Gasteiger partial charge on any atom is -0.355 e. The summed E-state index contributed by atoms with van der Waals surface area (Å²) in [5.41, 5.74) is 4.99. The van der Waals surface area contributed by atoms with E-state index < -0.39 is 0 Å². The van der Waals surface area contributed by atoms with Gasteiger partial charge in [-0.2, -0.15) is 0 Å². The molecule has 27 heavy (non-hydrogen) atoms. The molecular formula is C22H26N4S. The van der Waals surface area contributed by atoms with Crippen LogP contribution in [0.25, 0.3) is 16.3 Å². The van der Waals surface area contributed by atoms with Crippen molar-refractivity contribution in [1.82, 2.24) is 15.3 Å². The molecule has 1 aromatic carbocycles. The number of piperidine rings is 1. The van der Waals surface area contributed by atoms with E-state index in [1.165, 1.54) is 21.4 Å². The summed E-state index contributed by atoms with van der Waals surface area (Å²) >= 11 is 1.76. The Labute approximate surface area is 165 Å². The largest absolute Gasteiger partial charge is 0.355 e. The minimum absolute atomic E-state index is 0.572. The van der Waals surface area contributed by atoms with Gasteiger partial charge < -0.3 is 10.2 Å². The van der Waals surface area contributed by atoms with Crippen molar-refractivity contribution in [2.24, 2.45) is 0 Å². The van der Waals surface area contributed by atoms with Crippen molar-refractivity contribution < 1.29 is 0 Å². The van der Waals surface area contributed by atoms with Gasteiger partial charge in [0.05, 0.1) is 10.2 Å². The number of nitrogens with one attached hydrogen (secondary N) is 1. The van der Waals surface area contributed by atoms with Gasteiger partial charge in [-0.25, -0.2) is 9.97 Å². The Morgan fingerprint density at radius 3 is 2.78 bits per heavy atom. The zero-order valence-corrected chi connectivity index (χ0v) is 16.8. The summed E-state index contributed by atoms with van der Waals surface area (Å²) in [7, 11) is 0. The Kier molecular flexibility index (Phi) is 5.50. The predicted octanol–water partition coefficient (Wildman–Crippen LogP) is 4.66. The molecule has 0 amide bonds. The van der Waals surface area contributed by atoms with Crippen LogP contribution in [0.2, 0.25) is 0 Å². The van der Waals surface area contributed by atoms with E-state index in [4.69, 9.17) is 0 Å². The molecule has 1 aliphatic rings. The Bertz CT molecular complexity index is 924. The summed E-state index contributed by atoms with van der Waals surface area (Å²) in [5, 5.41) is 5.91. The van der Waals surface area contributed by atoms with Crippen LogP contribution >= 0.6 is 11.3 Å². The third-order valence-corrected chi connectivity index (χ3v) is 6.27. The summed E-state index contributed by atoms with van der Waals surface area (Å²) in [6.45, 7) is 7.36. The van der Waals surface area contributed by atoms with Crippen LogP contribution < -0.4 is 10.2 Å². The lowest BCUT2D eigenvalue weighted by atomic mass is 10.0.